The van der Waals surface area contributed by atoms with Crippen molar-refractivity contribution in [3.8, 4) is 0 Å². The van der Waals surface area contributed by atoms with Gasteiger partial charge in [0, 0.05) is 25.3 Å². The molecule has 0 unspecified atom stereocenters. The van der Waals surface area contributed by atoms with Crippen molar-refractivity contribution in [2.45, 2.75) is 18.9 Å². The molecule has 7 heteroatoms. The van der Waals surface area contributed by atoms with Crippen LogP contribution >= 0.6 is 0 Å². The van der Waals surface area contributed by atoms with Crippen molar-refractivity contribution in [3.63, 3.8) is 0 Å². The van der Waals surface area contributed by atoms with E-state index in [9.17, 15) is 9.59 Å². The molecule has 7 nitrogen and oxygen atoms in total. The van der Waals surface area contributed by atoms with Gasteiger partial charge in [-0.25, -0.2) is 4.98 Å². The van der Waals surface area contributed by atoms with Gasteiger partial charge < -0.3 is 10.2 Å². The number of carbonyl (C=O) groups excluding carboxylic acids is 2. The Morgan fingerprint density at radius 2 is 1.93 bits per heavy atom. The van der Waals surface area contributed by atoms with Gasteiger partial charge in [-0.2, -0.15) is 0 Å². The maximum atomic E-state index is 13.4. The number of pyridine rings is 1. The number of nitrogens with one attached hydrogen (secondary N) is 1. The van der Waals surface area contributed by atoms with Gasteiger partial charge in [0.15, 0.2) is 5.82 Å². The van der Waals surface area contributed by atoms with E-state index in [-0.39, 0.29) is 11.8 Å². The van der Waals surface area contributed by atoms with Crippen LogP contribution in [0.2, 0.25) is 0 Å². The molecule has 1 fully saturated rings. The summed E-state index contributed by atoms with van der Waals surface area (Å²) in [5.74, 6) is 0.160. The van der Waals surface area contributed by atoms with E-state index in [1.54, 1.807) is 41.4 Å². The van der Waals surface area contributed by atoms with Crippen LogP contribution in [-0.2, 0) is 4.79 Å². The van der Waals surface area contributed by atoms with Gasteiger partial charge in [-0.3, -0.25) is 19.4 Å². The average molecular weight is 379 g/mol. The number of fused-ring (bicyclic) bond motifs is 2. The SMILES string of the molecule is CN(C)C1CCN(CC(=O)N2c3ccccc3C(=O)Nc3cccnc32)CC1. The number of hydrogen-bond donors (Lipinski definition) is 1. The third-order valence-electron chi connectivity index (χ3n) is 5.53. The van der Waals surface area contributed by atoms with E-state index < -0.39 is 0 Å². The summed E-state index contributed by atoms with van der Waals surface area (Å²) >= 11 is 0. The molecule has 1 aromatic heterocycles. The largest absolute Gasteiger partial charge is 0.319 e. The molecule has 1 saturated heterocycles. The quantitative estimate of drug-likeness (QED) is 0.887. The van der Waals surface area contributed by atoms with Crippen molar-refractivity contribution in [1.82, 2.24) is 14.8 Å². The standard InChI is InChI=1S/C21H25N5O2/c1-24(2)15-9-12-25(13-10-15)14-19(27)26-18-8-4-3-6-16(18)21(28)23-17-7-5-11-22-20(17)26/h3-8,11,15H,9-10,12-14H2,1-2H3,(H,23,28). The Kier molecular flexibility index (Phi) is 5.11. The number of amides is 2. The van der Waals surface area contributed by atoms with Crippen molar-refractivity contribution in [2.24, 2.45) is 0 Å². The molecule has 2 amide bonds. The number of rotatable bonds is 3. The van der Waals surface area contributed by atoms with Crippen LogP contribution in [0, 0.1) is 0 Å². The van der Waals surface area contributed by atoms with Crippen molar-refractivity contribution in [1.29, 1.82) is 0 Å². The molecule has 0 atom stereocenters. The third-order valence-corrected chi connectivity index (χ3v) is 5.53. The smallest absolute Gasteiger partial charge is 0.257 e. The van der Waals surface area contributed by atoms with Gasteiger partial charge in [-0.05, 0) is 51.2 Å². The van der Waals surface area contributed by atoms with Gasteiger partial charge in [0.05, 0.1) is 23.5 Å². The second kappa shape index (κ2) is 7.69. The Morgan fingerprint density at radius 1 is 1.18 bits per heavy atom. The summed E-state index contributed by atoms with van der Waals surface area (Å²) in [5.41, 5.74) is 1.59. The minimum atomic E-state index is -0.230. The highest BCUT2D eigenvalue weighted by atomic mass is 16.2. The molecule has 1 aromatic carbocycles. The zero-order valence-electron chi connectivity index (χ0n) is 16.3. The lowest BCUT2D eigenvalue weighted by atomic mass is 10.0. The lowest BCUT2D eigenvalue weighted by molar-refractivity contribution is -0.119. The Morgan fingerprint density at radius 3 is 2.68 bits per heavy atom. The number of nitrogens with zero attached hydrogens (tertiary/aromatic N) is 4. The highest BCUT2D eigenvalue weighted by Gasteiger charge is 2.31. The lowest BCUT2D eigenvalue weighted by Crippen LogP contribution is -2.46. The normalized spacial score (nSPS) is 17.7. The molecule has 0 spiro atoms. The molecule has 2 aromatic rings. The van der Waals surface area contributed by atoms with E-state index >= 15 is 0 Å². The topological polar surface area (TPSA) is 68.8 Å². The first kappa shape index (κ1) is 18.6. The minimum Gasteiger partial charge on any atom is -0.319 e. The molecular formula is C21H25N5O2. The Balaban J connectivity index is 1.62. The van der Waals surface area contributed by atoms with E-state index in [1.165, 1.54) is 0 Å². The fourth-order valence-electron chi connectivity index (χ4n) is 3.95. The maximum absolute atomic E-state index is 13.4. The summed E-state index contributed by atoms with van der Waals surface area (Å²) in [5, 5.41) is 2.87. The molecule has 3 heterocycles. The maximum Gasteiger partial charge on any atom is 0.257 e. The summed E-state index contributed by atoms with van der Waals surface area (Å²) in [6.07, 6.45) is 3.74. The number of carbonyl (C=O) groups is 2. The number of anilines is 3. The van der Waals surface area contributed by atoms with E-state index in [4.69, 9.17) is 0 Å². The van der Waals surface area contributed by atoms with E-state index in [1.807, 2.05) is 6.07 Å². The fraction of sp³-hybridized carbons (Fsp3) is 0.381. The minimum absolute atomic E-state index is 0.0767. The summed E-state index contributed by atoms with van der Waals surface area (Å²) < 4.78 is 0. The Labute approximate surface area is 164 Å². The second-order valence-electron chi connectivity index (χ2n) is 7.55. The van der Waals surface area contributed by atoms with Gasteiger partial charge in [0.1, 0.15) is 0 Å². The van der Waals surface area contributed by atoms with E-state index in [0.29, 0.717) is 35.3 Å². The van der Waals surface area contributed by atoms with Crippen molar-refractivity contribution in [3.05, 3.63) is 48.2 Å². The van der Waals surface area contributed by atoms with Gasteiger partial charge in [-0.1, -0.05) is 12.1 Å². The molecule has 2 aliphatic rings. The zero-order valence-corrected chi connectivity index (χ0v) is 16.3. The predicted octanol–water partition coefficient (Wildman–Crippen LogP) is 2.34. The first-order valence-electron chi connectivity index (χ1n) is 9.61. The van der Waals surface area contributed by atoms with Gasteiger partial charge in [0.2, 0.25) is 5.91 Å². The molecular weight excluding hydrogens is 354 g/mol. The Hall–Kier alpha value is -2.77. The Bertz CT molecular complexity index is 890. The van der Waals surface area contributed by atoms with Crippen LogP contribution in [0.4, 0.5) is 17.2 Å². The van der Waals surface area contributed by atoms with Crippen LogP contribution in [0.5, 0.6) is 0 Å². The highest BCUT2D eigenvalue weighted by Crippen LogP contribution is 2.36. The van der Waals surface area contributed by atoms with Crippen LogP contribution in [-0.4, -0.2) is 66.4 Å². The summed E-state index contributed by atoms with van der Waals surface area (Å²) in [7, 11) is 4.21. The molecule has 0 radical (unpaired) electrons. The summed E-state index contributed by atoms with van der Waals surface area (Å²) in [6.45, 7) is 2.07. The number of benzene rings is 1. The lowest BCUT2D eigenvalue weighted by Gasteiger charge is -2.35. The number of piperidine rings is 1. The molecule has 4 rings (SSSR count). The number of aromatic nitrogens is 1. The number of likely N-dealkylation sites (tertiary alicyclic amines) is 1. The van der Waals surface area contributed by atoms with Crippen LogP contribution < -0.4 is 10.2 Å². The van der Waals surface area contributed by atoms with E-state index in [0.717, 1.165) is 25.9 Å². The molecule has 146 valence electrons. The van der Waals surface area contributed by atoms with Crippen molar-refractivity contribution < 1.29 is 9.59 Å². The highest BCUT2D eigenvalue weighted by molar-refractivity contribution is 6.17. The molecule has 0 aliphatic carbocycles. The van der Waals surface area contributed by atoms with Crippen LogP contribution in [0.3, 0.4) is 0 Å². The summed E-state index contributed by atoms with van der Waals surface area (Å²) in [6, 6.07) is 11.3. The predicted molar refractivity (Wildman–Crippen MR) is 109 cm³/mol. The molecule has 28 heavy (non-hydrogen) atoms. The first-order chi connectivity index (χ1) is 13.5. The molecule has 2 aliphatic heterocycles. The van der Waals surface area contributed by atoms with Crippen molar-refractivity contribution in [2.75, 3.05) is 43.9 Å². The number of para-hydroxylation sites is 1. The third kappa shape index (κ3) is 3.50. The van der Waals surface area contributed by atoms with Gasteiger partial charge in [-0.15, -0.1) is 0 Å². The summed E-state index contributed by atoms with van der Waals surface area (Å²) in [4.78, 5) is 36.4. The van der Waals surface area contributed by atoms with Crippen LogP contribution in [0.15, 0.2) is 42.6 Å². The molecule has 1 N–H and O–H groups in total. The van der Waals surface area contributed by atoms with Crippen LogP contribution in [0.25, 0.3) is 0 Å². The van der Waals surface area contributed by atoms with Crippen LogP contribution in [0.1, 0.15) is 23.2 Å². The fourth-order valence-corrected chi connectivity index (χ4v) is 3.95. The second-order valence-corrected chi connectivity index (χ2v) is 7.55. The van der Waals surface area contributed by atoms with E-state index in [2.05, 4.69) is 34.2 Å². The zero-order chi connectivity index (χ0) is 19.7. The monoisotopic (exact) mass is 379 g/mol. The van der Waals surface area contributed by atoms with Crippen molar-refractivity contribution >= 4 is 29.0 Å². The van der Waals surface area contributed by atoms with Gasteiger partial charge >= 0.3 is 0 Å². The molecule has 0 saturated carbocycles. The number of hydrogen-bond acceptors (Lipinski definition) is 5. The first-order valence-corrected chi connectivity index (χ1v) is 9.61. The average Bonchev–Trinajstić information content (AvgIpc) is 2.82. The molecule has 0 bridgehead atoms. The van der Waals surface area contributed by atoms with Gasteiger partial charge in [0.25, 0.3) is 5.91 Å².